The second-order valence-corrected chi connectivity index (χ2v) is 10.7. The van der Waals surface area contributed by atoms with Crippen LogP contribution in [0.25, 0.3) is 0 Å². The maximum Gasteiger partial charge on any atom is 0.327 e. The van der Waals surface area contributed by atoms with E-state index in [1.54, 1.807) is 36.4 Å². The lowest BCUT2D eigenvalue weighted by molar-refractivity contribution is -0.142. The summed E-state index contributed by atoms with van der Waals surface area (Å²) in [5.74, 6) is -2.04. The number of urea groups is 1. The van der Waals surface area contributed by atoms with Gasteiger partial charge in [0.15, 0.2) is 0 Å². The number of carbonyl (C=O) groups excluding carboxylic acids is 4. The molecule has 2 unspecified atom stereocenters. The van der Waals surface area contributed by atoms with Crippen molar-refractivity contribution in [2.24, 2.45) is 5.92 Å². The van der Waals surface area contributed by atoms with Gasteiger partial charge < -0.3 is 15.5 Å². The number of benzene rings is 3. The van der Waals surface area contributed by atoms with Gasteiger partial charge in [-0.1, -0.05) is 66.9 Å². The lowest BCUT2D eigenvalue weighted by atomic mass is 9.81. The number of imide groups is 1. The summed E-state index contributed by atoms with van der Waals surface area (Å²) in [6.45, 7) is -0.00356. The third-order valence-corrected chi connectivity index (χ3v) is 7.97. The Kier molecular flexibility index (Phi) is 8.64. The number of hydrogen-bond acceptors (Lipinski definition) is 4. The van der Waals surface area contributed by atoms with E-state index in [4.69, 9.17) is 11.6 Å². The van der Waals surface area contributed by atoms with Crippen molar-refractivity contribution in [2.75, 3.05) is 11.9 Å². The molecule has 3 aromatic carbocycles. The monoisotopic (exact) mass is 576 g/mol. The first kappa shape index (κ1) is 28.3. The number of carbonyl (C=O) groups is 4. The standard InChI is InChI=1S/C31H30ClFN4O4/c32-24-9-3-1-7-22(24)17-34-29(39)21-15-13-20(14-16-21)18-37-30(40)23-8-2-6-12-27(23)36(31(37)41)19-28(38)35-26-11-5-4-10-25(26)33/h1,3-5,7,9-11,13-16,23,27H,2,6,8,12,17-19H2,(H,34,39)(H,35,38). The van der Waals surface area contributed by atoms with Gasteiger partial charge in [-0.25, -0.2) is 9.18 Å². The molecule has 3 aromatic rings. The summed E-state index contributed by atoms with van der Waals surface area (Å²) < 4.78 is 14.1. The van der Waals surface area contributed by atoms with Crippen LogP contribution < -0.4 is 10.6 Å². The molecule has 1 saturated heterocycles. The van der Waals surface area contributed by atoms with Crippen molar-refractivity contribution >= 4 is 41.0 Å². The second kappa shape index (κ2) is 12.5. The Morgan fingerprint density at radius 2 is 1.63 bits per heavy atom. The first-order valence-corrected chi connectivity index (χ1v) is 14.0. The summed E-state index contributed by atoms with van der Waals surface area (Å²) in [5.41, 5.74) is 1.93. The van der Waals surface area contributed by atoms with Gasteiger partial charge in [-0.3, -0.25) is 19.3 Å². The van der Waals surface area contributed by atoms with Gasteiger partial charge in [0.1, 0.15) is 12.4 Å². The number of rotatable bonds is 8. The molecule has 2 atom stereocenters. The van der Waals surface area contributed by atoms with Gasteiger partial charge in [-0.15, -0.1) is 0 Å². The molecular weight excluding hydrogens is 547 g/mol. The van der Waals surface area contributed by atoms with Crippen LogP contribution in [0.4, 0.5) is 14.9 Å². The zero-order valence-electron chi connectivity index (χ0n) is 22.3. The van der Waals surface area contributed by atoms with E-state index >= 15 is 0 Å². The minimum absolute atomic E-state index is 0.00778. The molecule has 1 heterocycles. The number of halogens is 2. The van der Waals surface area contributed by atoms with Gasteiger partial charge in [0, 0.05) is 23.2 Å². The minimum Gasteiger partial charge on any atom is -0.348 e. The highest BCUT2D eigenvalue weighted by molar-refractivity contribution is 6.31. The normalized spacial score (nSPS) is 18.6. The summed E-state index contributed by atoms with van der Waals surface area (Å²) in [6.07, 6.45) is 2.97. The lowest BCUT2D eigenvalue weighted by Gasteiger charge is -2.46. The third kappa shape index (κ3) is 6.41. The zero-order chi connectivity index (χ0) is 28.9. The van der Waals surface area contributed by atoms with Crippen LogP contribution in [0.2, 0.25) is 5.02 Å². The molecule has 2 aliphatic rings. The fraction of sp³-hybridized carbons (Fsp3) is 0.290. The highest BCUT2D eigenvalue weighted by Gasteiger charge is 2.47. The first-order chi connectivity index (χ1) is 19.8. The Bertz CT molecular complexity index is 1460. The number of fused-ring (bicyclic) bond motifs is 1. The third-order valence-electron chi connectivity index (χ3n) is 7.61. The van der Waals surface area contributed by atoms with Crippen LogP contribution >= 0.6 is 11.6 Å². The Morgan fingerprint density at radius 1 is 0.927 bits per heavy atom. The molecule has 1 saturated carbocycles. The second-order valence-electron chi connectivity index (χ2n) is 10.3. The molecule has 212 valence electrons. The van der Waals surface area contributed by atoms with Crippen molar-refractivity contribution in [2.45, 2.75) is 44.8 Å². The Morgan fingerprint density at radius 3 is 2.39 bits per heavy atom. The van der Waals surface area contributed by atoms with Gasteiger partial charge >= 0.3 is 6.03 Å². The fourth-order valence-corrected chi connectivity index (χ4v) is 5.67. The van der Waals surface area contributed by atoms with Crippen LogP contribution in [-0.4, -0.2) is 46.1 Å². The number of hydrogen-bond donors (Lipinski definition) is 2. The van der Waals surface area contributed by atoms with E-state index < -0.39 is 23.7 Å². The van der Waals surface area contributed by atoms with E-state index in [1.807, 2.05) is 18.2 Å². The van der Waals surface area contributed by atoms with Gasteiger partial charge in [0.25, 0.3) is 5.91 Å². The highest BCUT2D eigenvalue weighted by Crippen LogP contribution is 2.35. The molecule has 0 spiro atoms. The van der Waals surface area contributed by atoms with Crippen molar-refractivity contribution in [3.05, 3.63) is 100 Å². The summed E-state index contributed by atoms with van der Waals surface area (Å²) >= 11 is 6.16. The van der Waals surface area contributed by atoms with E-state index in [2.05, 4.69) is 10.6 Å². The molecule has 0 aromatic heterocycles. The van der Waals surface area contributed by atoms with E-state index in [-0.39, 0.29) is 43.2 Å². The zero-order valence-corrected chi connectivity index (χ0v) is 23.1. The largest absolute Gasteiger partial charge is 0.348 e. The van der Waals surface area contributed by atoms with Crippen LogP contribution in [0.3, 0.4) is 0 Å². The van der Waals surface area contributed by atoms with Crippen LogP contribution in [0.15, 0.2) is 72.8 Å². The summed E-state index contributed by atoms with van der Waals surface area (Å²) in [5, 5.41) is 5.94. The number of anilines is 1. The predicted molar refractivity (Wildman–Crippen MR) is 152 cm³/mol. The Balaban J connectivity index is 1.26. The van der Waals surface area contributed by atoms with E-state index in [9.17, 15) is 23.6 Å². The molecule has 2 N–H and O–H groups in total. The van der Waals surface area contributed by atoms with Crippen LogP contribution in [-0.2, 0) is 22.7 Å². The van der Waals surface area contributed by atoms with Crippen molar-refractivity contribution in [3.63, 3.8) is 0 Å². The minimum atomic E-state index is -0.570. The maximum absolute atomic E-state index is 14.1. The van der Waals surface area contributed by atoms with Gasteiger partial charge in [-0.2, -0.15) is 0 Å². The molecule has 2 fully saturated rings. The Hall–Kier alpha value is -4.24. The predicted octanol–water partition coefficient (Wildman–Crippen LogP) is 5.37. The van der Waals surface area contributed by atoms with E-state index in [0.717, 1.165) is 18.4 Å². The molecule has 5 rings (SSSR count). The number of nitrogens with one attached hydrogen (secondary N) is 2. The average Bonchev–Trinajstić information content (AvgIpc) is 2.98. The molecule has 0 bridgehead atoms. The molecule has 8 nitrogen and oxygen atoms in total. The quantitative estimate of drug-likeness (QED) is 0.377. The van der Waals surface area contributed by atoms with Crippen molar-refractivity contribution in [1.29, 1.82) is 0 Å². The summed E-state index contributed by atoms with van der Waals surface area (Å²) in [6, 6.07) is 18.8. The van der Waals surface area contributed by atoms with Crippen LogP contribution in [0, 0.1) is 11.7 Å². The van der Waals surface area contributed by atoms with Crippen molar-refractivity contribution in [3.8, 4) is 0 Å². The lowest BCUT2D eigenvalue weighted by Crippen LogP contribution is -2.63. The van der Waals surface area contributed by atoms with Crippen LogP contribution in [0.1, 0.15) is 47.2 Å². The van der Waals surface area contributed by atoms with Gasteiger partial charge in [0.2, 0.25) is 11.8 Å². The molecular formula is C31H30ClFN4O4. The van der Waals surface area contributed by atoms with E-state index in [1.165, 1.54) is 28.0 Å². The topological polar surface area (TPSA) is 98.8 Å². The average molecular weight is 577 g/mol. The fourth-order valence-electron chi connectivity index (χ4n) is 5.46. The molecule has 41 heavy (non-hydrogen) atoms. The van der Waals surface area contributed by atoms with Crippen molar-refractivity contribution in [1.82, 2.24) is 15.1 Å². The van der Waals surface area contributed by atoms with Gasteiger partial charge in [0.05, 0.1) is 18.2 Å². The van der Waals surface area contributed by atoms with Gasteiger partial charge in [-0.05, 0) is 54.3 Å². The first-order valence-electron chi connectivity index (χ1n) is 13.6. The number of amides is 5. The molecule has 10 heteroatoms. The maximum atomic E-state index is 14.1. The molecule has 1 aliphatic carbocycles. The van der Waals surface area contributed by atoms with E-state index in [0.29, 0.717) is 29.0 Å². The Labute approximate surface area is 242 Å². The molecule has 0 radical (unpaired) electrons. The molecule has 5 amide bonds. The smallest absolute Gasteiger partial charge is 0.327 e. The molecule has 1 aliphatic heterocycles. The summed E-state index contributed by atoms with van der Waals surface area (Å²) in [4.78, 5) is 55.1. The number of para-hydroxylation sites is 1. The SMILES string of the molecule is O=C(CN1C(=O)N(Cc2ccc(C(=O)NCc3ccccc3Cl)cc2)C(=O)C2CCCCC21)Nc1ccccc1F. The van der Waals surface area contributed by atoms with Crippen LogP contribution in [0.5, 0.6) is 0 Å². The number of nitrogens with zero attached hydrogens (tertiary/aromatic N) is 2. The summed E-state index contributed by atoms with van der Waals surface area (Å²) in [7, 11) is 0. The van der Waals surface area contributed by atoms with Crippen molar-refractivity contribution < 1.29 is 23.6 Å². The highest BCUT2D eigenvalue weighted by atomic mass is 35.5.